The van der Waals surface area contributed by atoms with Gasteiger partial charge in [0.1, 0.15) is 0 Å². The molecule has 1 radical (unpaired) electrons. The number of amides is 1. The van der Waals surface area contributed by atoms with Crippen LogP contribution in [-0.4, -0.2) is 60.1 Å². The van der Waals surface area contributed by atoms with Crippen molar-refractivity contribution in [3.63, 3.8) is 0 Å². The second kappa shape index (κ2) is 7.89. The fraction of sp³-hybridized carbons (Fsp3) is 0.471. The molecule has 1 fully saturated rings. The summed E-state index contributed by atoms with van der Waals surface area (Å²) in [6.07, 6.45) is -10.6. The SMILES string of the molecule is C=C(C(=O)N1CCN(CCO)CC1)c1cc[c]c(C(F)(F)F)c1C(F)(F)F. The smallest absolute Gasteiger partial charge is 0.395 e. The Bertz CT molecular complexity index is 706. The Balaban J connectivity index is 2.32. The molecule has 1 aliphatic heterocycles. The van der Waals surface area contributed by atoms with Gasteiger partial charge in [-0.1, -0.05) is 18.7 Å². The van der Waals surface area contributed by atoms with Crippen LogP contribution in [0, 0.1) is 6.07 Å². The molecule has 2 rings (SSSR count). The Morgan fingerprint density at radius 2 is 1.70 bits per heavy atom. The van der Waals surface area contributed by atoms with Crippen LogP contribution in [0.1, 0.15) is 16.7 Å². The van der Waals surface area contributed by atoms with Gasteiger partial charge >= 0.3 is 12.4 Å². The van der Waals surface area contributed by atoms with Crippen molar-refractivity contribution in [3.05, 3.63) is 41.5 Å². The van der Waals surface area contributed by atoms with Crippen LogP contribution < -0.4 is 0 Å². The number of benzene rings is 1. The lowest BCUT2D eigenvalue weighted by Crippen LogP contribution is -2.49. The number of piperazine rings is 1. The third kappa shape index (κ3) is 4.81. The third-order valence-corrected chi connectivity index (χ3v) is 4.22. The molecule has 149 valence electrons. The second-order valence-electron chi connectivity index (χ2n) is 5.97. The summed E-state index contributed by atoms with van der Waals surface area (Å²) < 4.78 is 79.0. The van der Waals surface area contributed by atoms with E-state index < -0.39 is 40.5 Å². The molecule has 0 aromatic heterocycles. The first-order valence-electron chi connectivity index (χ1n) is 7.97. The highest BCUT2D eigenvalue weighted by atomic mass is 19.4. The van der Waals surface area contributed by atoms with Gasteiger partial charge in [0, 0.05) is 38.3 Å². The zero-order valence-corrected chi connectivity index (χ0v) is 14.1. The number of carbonyl (C=O) groups is 1. The second-order valence-corrected chi connectivity index (χ2v) is 5.97. The average Bonchev–Trinajstić information content (AvgIpc) is 2.59. The van der Waals surface area contributed by atoms with Crippen LogP contribution in [0.5, 0.6) is 0 Å². The van der Waals surface area contributed by atoms with Crippen LogP contribution in [0.2, 0.25) is 0 Å². The topological polar surface area (TPSA) is 43.8 Å². The van der Waals surface area contributed by atoms with Crippen molar-refractivity contribution >= 4 is 11.5 Å². The molecule has 0 atom stereocenters. The fourth-order valence-electron chi connectivity index (χ4n) is 2.89. The number of aliphatic hydroxyl groups is 1. The zero-order chi connectivity index (χ0) is 20.4. The highest BCUT2D eigenvalue weighted by Crippen LogP contribution is 2.43. The lowest BCUT2D eigenvalue weighted by molar-refractivity contribution is -0.162. The van der Waals surface area contributed by atoms with E-state index >= 15 is 0 Å². The summed E-state index contributed by atoms with van der Waals surface area (Å²) in [6, 6.07) is 3.04. The molecule has 1 aliphatic rings. The monoisotopic (exact) mass is 395 g/mol. The van der Waals surface area contributed by atoms with E-state index in [-0.39, 0.29) is 19.7 Å². The maximum absolute atomic E-state index is 13.3. The van der Waals surface area contributed by atoms with Crippen LogP contribution in [0.25, 0.3) is 5.57 Å². The first-order chi connectivity index (χ1) is 12.5. The number of β-amino-alcohol motifs (C(OH)–C–C–N with tert-alkyl or cyclic N) is 1. The van der Waals surface area contributed by atoms with Gasteiger partial charge in [-0.05, 0) is 11.6 Å². The molecule has 0 aliphatic carbocycles. The minimum atomic E-state index is -5.33. The maximum atomic E-state index is 13.3. The molecule has 1 amide bonds. The summed E-state index contributed by atoms with van der Waals surface area (Å²) in [5, 5.41) is 8.89. The molecule has 0 unspecified atom stereocenters. The molecular weight excluding hydrogens is 378 g/mol. The molecule has 1 aromatic rings. The van der Waals surface area contributed by atoms with E-state index in [0.717, 1.165) is 6.07 Å². The molecule has 0 bridgehead atoms. The lowest BCUT2D eigenvalue weighted by atomic mass is 9.94. The van der Waals surface area contributed by atoms with Crippen LogP contribution >= 0.6 is 0 Å². The summed E-state index contributed by atoms with van der Waals surface area (Å²) in [6.45, 7) is 4.77. The molecule has 1 saturated heterocycles. The van der Waals surface area contributed by atoms with Crippen molar-refractivity contribution in [2.75, 3.05) is 39.3 Å². The summed E-state index contributed by atoms with van der Waals surface area (Å²) in [5.41, 5.74) is -5.50. The normalized spacial score (nSPS) is 16.5. The molecular formula is C17H17F6N2O2. The molecule has 0 spiro atoms. The van der Waals surface area contributed by atoms with Crippen LogP contribution in [0.15, 0.2) is 18.7 Å². The van der Waals surface area contributed by atoms with Crippen molar-refractivity contribution in [2.24, 2.45) is 0 Å². The molecule has 27 heavy (non-hydrogen) atoms. The van der Waals surface area contributed by atoms with Gasteiger partial charge < -0.3 is 10.0 Å². The van der Waals surface area contributed by atoms with E-state index in [9.17, 15) is 31.1 Å². The predicted octanol–water partition coefficient (Wildman–Crippen LogP) is 2.67. The van der Waals surface area contributed by atoms with Gasteiger partial charge in [0.2, 0.25) is 0 Å². The van der Waals surface area contributed by atoms with Gasteiger partial charge in [0.15, 0.2) is 0 Å². The number of halogens is 6. The standard InChI is InChI=1S/C17H17F6N2O2/c1-11(15(27)25-7-5-24(6-8-25)9-10-26)12-3-2-4-13(16(18,19)20)14(12)17(21,22)23/h2-3,26H,1,5-10H2. The van der Waals surface area contributed by atoms with Crippen molar-refractivity contribution in [1.29, 1.82) is 0 Å². The Hall–Kier alpha value is -2.07. The van der Waals surface area contributed by atoms with Gasteiger partial charge in [0.05, 0.1) is 17.7 Å². The predicted molar refractivity (Wildman–Crippen MR) is 84.4 cm³/mol. The first-order valence-corrected chi connectivity index (χ1v) is 7.97. The van der Waals surface area contributed by atoms with Crippen LogP contribution in [-0.2, 0) is 17.1 Å². The molecule has 0 saturated carbocycles. The minimum Gasteiger partial charge on any atom is -0.395 e. The molecule has 4 nitrogen and oxygen atoms in total. The number of hydrogen-bond donors (Lipinski definition) is 1. The maximum Gasteiger partial charge on any atom is 0.417 e. The third-order valence-electron chi connectivity index (χ3n) is 4.22. The molecule has 10 heteroatoms. The van der Waals surface area contributed by atoms with Crippen LogP contribution in [0.4, 0.5) is 26.3 Å². The summed E-state index contributed by atoms with van der Waals surface area (Å²) in [5.74, 6) is -0.858. The fourth-order valence-corrected chi connectivity index (χ4v) is 2.89. The largest absolute Gasteiger partial charge is 0.417 e. The van der Waals surface area contributed by atoms with Gasteiger partial charge in [0.25, 0.3) is 5.91 Å². The van der Waals surface area contributed by atoms with Crippen LogP contribution in [0.3, 0.4) is 0 Å². The van der Waals surface area contributed by atoms with Gasteiger partial charge in [-0.25, -0.2) is 0 Å². The molecule has 1 N–H and O–H groups in total. The molecule has 1 heterocycles. The van der Waals surface area contributed by atoms with E-state index in [1.165, 1.54) is 4.90 Å². The Kier molecular flexibility index (Phi) is 6.21. The summed E-state index contributed by atoms with van der Waals surface area (Å²) >= 11 is 0. The lowest BCUT2D eigenvalue weighted by Gasteiger charge is -2.35. The number of rotatable bonds is 4. The van der Waals surface area contributed by atoms with E-state index in [0.29, 0.717) is 25.7 Å². The summed E-state index contributed by atoms with van der Waals surface area (Å²) in [7, 11) is 0. The van der Waals surface area contributed by atoms with E-state index in [2.05, 4.69) is 6.58 Å². The number of hydrogen-bond acceptors (Lipinski definition) is 3. The highest BCUT2D eigenvalue weighted by molar-refractivity contribution is 6.19. The van der Waals surface area contributed by atoms with Crippen molar-refractivity contribution in [2.45, 2.75) is 12.4 Å². The van der Waals surface area contributed by atoms with Gasteiger partial charge in [-0.3, -0.25) is 9.69 Å². The number of carbonyl (C=O) groups excluding carboxylic acids is 1. The zero-order valence-electron chi connectivity index (χ0n) is 14.1. The number of aliphatic hydroxyl groups excluding tert-OH is 1. The van der Waals surface area contributed by atoms with Crippen molar-refractivity contribution < 1.29 is 36.2 Å². The average molecular weight is 395 g/mol. The number of nitrogens with zero attached hydrogens (tertiary/aromatic N) is 2. The Labute approximate surface area is 151 Å². The quantitative estimate of drug-likeness (QED) is 0.630. The van der Waals surface area contributed by atoms with Gasteiger partial charge in [-0.2, -0.15) is 26.3 Å². The summed E-state index contributed by atoms with van der Waals surface area (Å²) in [4.78, 5) is 15.6. The van der Waals surface area contributed by atoms with Gasteiger partial charge in [-0.15, -0.1) is 0 Å². The van der Waals surface area contributed by atoms with E-state index in [1.807, 2.05) is 4.90 Å². The first kappa shape index (κ1) is 21.2. The Morgan fingerprint density at radius 1 is 1.11 bits per heavy atom. The molecule has 1 aromatic carbocycles. The van der Waals surface area contributed by atoms with E-state index in [1.54, 1.807) is 6.07 Å². The highest BCUT2D eigenvalue weighted by Gasteiger charge is 2.45. The van der Waals surface area contributed by atoms with E-state index in [4.69, 9.17) is 5.11 Å². The minimum absolute atomic E-state index is 0.0731. The van der Waals surface area contributed by atoms with Crippen molar-refractivity contribution in [3.8, 4) is 0 Å². The number of alkyl halides is 6. The Morgan fingerprint density at radius 3 is 2.19 bits per heavy atom. The van der Waals surface area contributed by atoms with Crippen molar-refractivity contribution in [1.82, 2.24) is 9.80 Å².